The van der Waals surface area contributed by atoms with Crippen molar-refractivity contribution in [3.8, 4) is 0 Å². The zero-order valence-electron chi connectivity index (χ0n) is 8.64. The number of aliphatic hydroxyl groups is 1. The van der Waals surface area contributed by atoms with E-state index in [-0.39, 0.29) is 11.5 Å². The van der Waals surface area contributed by atoms with Gasteiger partial charge in [0, 0.05) is 0 Å². The number of aliphatic hydroxyl groups excluding tert-OH is 1. The van der Waals surface area contributed by atoms with Crippen LogP contribution in [0.25, 0.3) is 0 Å². The Bertz CT molecular complexity index is 134. The molecule has 1 rings (SSSR count). The third-order valence-corrected chi connectivity index (χ3v) is 3.09. The second kappa shape index (κ2) is 3.78. The summed E-state index contributed by atoms with van der Waals surface area (Å²) in [5, 5.41) is 9.88. The Hall–Kier alpha value is -0.0400. The van der Waals surface area contributed by atoms with E-state index in [2.05, 4.69) is 20.8 Å². The van der Waals surface area contributed by atoms with Crippen LogP contribution in [0.2, 0.25) is 0 Å². The third kappa shape index (κ3) is 2.48. The minimum absolute atomic E-state index is 0.0486. The van der Waals surface area contributed by atoms with E-state index in [0.29, 0.717) is 5.92 Å². The van der Waals surface area contributed by atoms with Crippen molar-refractivity contribution in [3.63, 3.8) is 0 Å². The number of hydrogen-bond donors (Lipinski definition) is 1. The van der Waals surface area contributed by atoms with E-state index < -0.39 is 0 Å². The van der Waals surface area contributed by atoms with Gasteiger partial charge in [0.25, 0.3) is 0 Å². The zero-order valence-corrected chi connectivity index (χ0v) is 8.64. The van der Waals surface area contributed by atoms with Crippen LogP contribution in [0.4, 0.5) is 0 Å². The lowest BCUT2D eigenvalue weighted by Gasteiger charge is -2.33. The second-order valence-electron chi connectivity index (χ2n) is 5.18. The Morgan fingerprint density at radius 1 is 1.00 bits per heavy atom. The smallest absolute Gasteiger partial charge is 0.0573 e. The van der Waals surface area contributed by atoms with Crippen LogP contribution in [-0.4, -0.2) is 11.2 Å². The molecule has 12 heavy (non-hydrogen) atoms. The Morgan fingerprint density at radius 3 is 2.17 bits per heavy atom. The van der Waals surface area contributed by atoms with Gasteiger partial charge in [-0.3, -0.25) is 0 Å². The van der Waals surface area contributed by atoms with Gasteiger partial charge in [-0.2, -0.15) is 0 Å². The molecule has 1 fully saturated rings. The fourth-order valence-corrected chi connectivity index (χ4v) is 2.30. The highest BCUT2D eigenvalue weighted by Crippen LogP contribution is 2.36. The summed E-state index contributed by atoms with van der Waals surface area (Å²) in [5.41, 5.74) is 0.282. The van der Waals surface area contributed by atoms with Crippen molar-refractivity contribution >= 4 is 0 Å². The lowest BCUT2D eigenvalue weighted by Crippen LogP contribution is -2.31. The lowest BCUT2D eigenvalue weighted by molar-refractivity contribution is 0.0377. The Balaban J connectivity index is 2.59. The summed E-state index contributed by atoms with van der Waals surface area (Å²) in [7, 11) is 0. The third-order valence-electron chi connectivity index (χ3n) is 3.09. The van der Waals surface area contributed by atoms with Gasteiger partial charge in [0.05, 0.1) is 6.10 Å². The minimum Gasteiger partial charge on any atom is -0.393 e. The highest BCUT2D eigenvalue weighted by Gasteiger charge is 2.31. The van der Waals surface area contributed by atoms with Crippen molar-refractivity contribution < 1.29 is 5.11 Å². The fourth-order valence-electron chi connectivity index (χ4n) is 2.30. The quantitative estimate of drug-likeness (QED) is 0.554. The maximum Gasteiger partial charge on any atom is 0.0573 e. The molecule has 72 valence electrons. The first-order valence-corrected chi connectivity index (χ1v) is 5.20. The van der Waals surface area contributed by atoms with Crippen molar-refractivity contribution in [2.24, 2.45) is 11.3 Å². The average molecular weight is 170 g/mol. The first kappa shape index (κ1) is 10.0. The van der Waals surface area contributed by atoms with Crippen LogP contribution in [0.3, 0.4) is 0 Å². The predicted octanol–water partition coefficient (Wildman–Crippen LogP) is 2.97. The van der Waals surface area contributed by atoms with Crippen LogP contribution in [0.15, 0.2) is 0 Å². The molecule has 0 spiro atoms. The molecule has 1 nitrogen and oxygen atoms in total. The van der Waals surface area contributed by atoms with E-state index in [0.717, 1.165) is 6.42 Å². The van der Waals surface area contributed by atoms with Crippen LogP contribution in [0.1, 0.15) is 52.9 Å². The van der Waals surface area contributed by atoms with Gasteiger partial charge in [-0.15, -0.1) is 0 Å². The van der Waals surface area contributed by atoms with Crippen LogP contribution in [0.5, 0.6) is 0 Å². The fraction of sp³-hybridized carbons (Fsp3) is 1.00. The molecule has 0 aromatic heterocycles. The van der Waals surface area contributed by atoms with Crippen LogP contribution in [-0.2, 0) is 0 Å². The van der Waals surface area contributed by atoms with Gasteiger partial charge in [-0.1, -0.05) is 40.0 Å². The molecule has 0 radical (unpaired) electrons. The van der Waals surface area contributed by atoms with Crippen molar-refractivity contribution in [1.82, 2.24) is 0 Å². The van der Waals surface area contributed by atoms with E-state index >= 15 is 0 Å². The Labute approximate surface area is 76.2 Å². The normalized spacial score (nSPS) is 33.0. The summed E-state index contributed by atoms with van der Waals surface area (Å²) < 4.78 is 0. The molecule has 1 N–H and O–H groups in total. The molecule has 0 saturated heterocycles. The molecular weight excluding hydrogens is 148 g/mol. The summed E-state index contributed by atoms with van der Waals surface area (Å²) >= 11 is 0. The summed E-state index contributed by atoms with van der Waals surface area (Å²) in [4.78, 5) is 0. The van der Waals surface area contributed by atoms with Gasteiger partial charge in [0.2, 0.25) is 0 Å². The molecular formula is C11H22O. The van der Waals surface area contributed by atoms with Crippen LogP contribution >= 0.6 is 0 Å². The Morgan fingerprint density at radius 2 is 1.58 bits per heavy atom. The molecule has 2 atom stereocenters. The first-order valence-electron chi connectivity index (χ1n) is 5.20. The molecule has 1 aliphatic rings. The molecule has 0 bridgehead atoms. The minimum atomic E-state index is -0.0486. The SMILES string of the molecule is CC(C)(C)C1CCCCCC1O. The second-order valence-corrected chi connectivity index (χ2v) is 5.18. The largest absolute Gasteiger partial charge is 0.393 e. The molecule has 0 aromatic rings. The van der Waals surface area contributed by atoms with Gasteiger partial charge >= 0.3 is 0 Å². The van der Waals surface area contributed by atoms with E-state index in [1.54, 1.807) is 0 Å². The summed E-state index contributed by atoms with van der Waals surface area (Å²) in [6.07, 6.45) is 6.01. The molecule has 0 heterocycles. The van der Waals surface area contributed by atoms with Crippen LogP contribution in [0, 0.1) is 11.3 Å². The Kier molecular flexibility index (Phi) is 3.16. The van der Waals surface area contributed by atoms with Crippen molar-refractivity contribution in [2.45, 2.75) is 59.0 Å². The standard InChI is InChI=1S/C11H22O/c1-11(2,3)9-7-5-4-6-8-10(9)12/h9-10,12H,4-8H2,1-3H3. The molecule has 1 saturated carbocycles. The number of hydrogen-bond acceptors (Lipinski definition) is 1. The topological polar surface area (TPSA) is 20.2 Å². The summed E-state index contributed by atoms with van der Waals surface area (Å²) in [5.74, 6) is 0.514. The average Bonchev–Trinajstić information content (AvgIpc) is 2.11. The zero-order chi connectivity index (χ0) is 9.19. The van der Waals surface area contributed by atoms with Crippen molar-refractivity contribution in [1.29, 1.82) is 0 Å². The van der Waals surface area contributed by atoms with Crippen molar-refractivity contribution in [2.75, 3.05) is 0 Å². The molecule has 1 aliphatic carbocycles. The van der Waals surface area contributed by atoms with E-state index in [4.69, 9.17) is 0 Å². The van der Waals surface area contributed by atoms with E-state index in [1.165, 1.54) is 25.7 Å². The molecule has 2 unspecified atom stereocenters. The molecule has 0 amide bonds. The van der Waals surface area contributed by atoms with Crippen molar-refractivity contribution in [3.05, 3.63) is 0 Å². The van der Waals surface area contributed by atoms with E-state index in [1.807, 2.05) is 0 Å². The first-order chi connectivity index (χ1) is 5.52. The monoisotopic (exact) mass is 170 g/mol. The lowest BCUT2D eigenvalue weighted by atomic mass is 9.75. The maximum atomic E-state index is 9.88. The highest BCUT2D eigenvalue weighted by atomic mass is 16.3. The maximum absolute atomic E-state index is 9.88. The molecule has 0 aromatic carbocycles. The van der Waals surface area contributed by atoms with Gasteiger partial charge < -0.3 is 5.11 Å². The van der Waals surface area contributed by atoms with Gasteiger partial charge in [-0.25, -0.2) is 0 Å². The van der Waals surface area contributed by atoms with Gasteiger partial charge in [-0.05, 0) is 24.2 Å². The number of rotatable bonds is 0. The van der Waals surface area contributed by atoms with Gasteiger partial charge in [0.15, 0.2) is 0 Å². The summed E-state index contributed by atoms with van der Waals surface area (Å²) in [6, 6.07) is 0. The van der Waals surface area contributed by atoms with E-state index in [9.17, 15) is 5.11 Å². The van der Waals surface area contributed by atoms with Gasteiger partial charge in [0.1, 0.15) is 0 Å². The molecule has 0 aliphatic heterocycles. The van der Waals surface area contributed by atoms with Crippen LogP contribution < -0.4 is 0 Å². The predicted molar refractivity (Wildman–Crippen MR) is 52.0 cm³/mol. The summed E-state index contributed by atoms with van der Waals surface area (Å²) in [6.45, 7) is 6.73. The molecule has 1 heteroatoms. The highest BCUT2D eigenvalue weighted by molar-refractivity contribution is 4.82.